The van der Waals surface area contributed by atoms with E-state index in [0.29, 0.717) is 36.1 Å². The molecule has 0 radical (unpaired) electrons. The van der Waals surface area contributed by atoms with Gasteiger partial charge in [-0.05, 0) is 80.6 Å². The van der Waals surface area contributed by atoms with E-state index in [1.165, 1.54) is 25.7 Å². The molecule has 0 spiro atoms. The number of carbonyl (C=O) groups excluding carboxylic acids is 2. The molecule has 3 saturated carbocycles. The van der Waals surface area contributed by atoms with Crippen LogP contribution in [0.25, 0.3) is 0 Å². The minimum atomic E-state index is 0.0884. The lowest BCUT2D eigenvalue weighted by molar-refractivity contribution is -0.139. The third kappa shape index (κ3) is 3.28. The van der Waals surface area contributed by atoms with Crippen molar-refractivity contribution in [3.63, 3.8) is 0 Å². The smallest absolute Gasteiger partial charge is 0.246 e. The zero-order valence-electron chi connectivity index (χ0n) is 19.2. The van der Waals surface area contributed by atoms with E-state index in [-0.39, 0.29) is 22.6 Å². The van der Waals surface area contributed by atoms with Crippen LogP contribution >= 0.6 is 11.3 Å². The van der Waals surface area contributed by atoms with E-state index in [1.54, 1.807) is 11.3 Å². The Hall–Kier alpha value is -1.69. The second-order valence-corrected chi connectivity index (χ2v) is 12.2. The molecule has 0 aromatic carbocycles. The van der Waals surface area contributed by atoms with Crippen LogP contribution < -0.4 is 5.32 Å². The summed E-state index contributed by atoms with van der Waals surface area (Å²) in [5.74, 6) is 2.78. The molecule has 0 unspecified atom stereocenters. The van der Waals surface area contributed by atoms with Gasteiger partial charge >= 0.3 is 0 Å². The Morgan fingerprint density at radius 2 is 2.03 bits per heavy atom. The van der Waals surface area contributed by atoms with Crippen LogP contribution in [0.4, 0.5) is 5.13 Å². The standard InChI is InChI=1S/C25H35N3O2S/c1-15-14-26-23(31-15)27-21(29)13-16-5-7-18-17-6-8-20-25(3,12-10-22(30)28(20)4)19(17)9-11-24(16,18)2/h10,12,14,16-20H,5-9,11,13H2,1-4H3,(H,26,27,29)/t16-,17+,18+,19+,20-,24-,25-/m1/s1. The summed E-state index contributed by atoms with van der Waals surface area (Å²) in [5, 5.41) is 3.75. The number of hydrogen-bond donors (Lipinski definition) is 1. The molecule has 0 saturated heterocycles. The average molecular weight is 442 g/mol. The van der Waals surface area contributed by atoms with Gasteiger partial charge in [0.15, 0.2) is 5.13 Å². The maximum Gasteiger partial charge on any atom is 0.246 e. The Kier molecular flexibility index (Phi) is 5.07. The molecule has 168 valence electrons. The largest absolute Gasteiger partial charge is 0.338 e. The first kappa shape index (κ1) is 21.2. The molecule has 4 aliphatic rings. The van der Waals surface area contributed by atoms with Crippen molar-refractivity contribution in [2.75, 3.05) is 12.4 Å². The summed E-state index contributed by atoms with van der Waals surface area (Å²) in [6, 6.07) is 0.334. The first-order valence-corrected chi connectivity index (χ1v) is 12.7. The van der Waals surface area contributed by atoms with Crippen molar-refractivity contribution in [1.82, 2.24) is 9.88 Å². The SMILES string of the molecule is Cc1cnc(NC(=O)C[C@H]2CC[C@H]3[C@@H]4CC[C@H]5N(C)C(=O)C=C[C@]5(C)[C@H]4CC[C@]23C)s1. The van der Waals surface area contributed by atoms with Crippen LogP contribution in [-0.2, 0) is 9.59 Å². The van der Waals surface area contributed by atoms with Crippen molar-refractivity contribution >= 4 is 28.3 Å². The molecule has 1 aliphatic heterocycles. The first-order chi connectivity index (χ1) is 14.7. The molecule has 1 aromatic heterocycles. The molecular weight excluding hydrogens is 406 g/mol. The summed E-state index contributed by atoms with van der Waals surface area (Å²) in [5.41, 5.74) is 0.339. The molecular formula is C25H35N3O2S. The fourth-order valence-corrected chi connectivity index (χ4v) is 8.67. The zero-order valence-corrected chi connectivity index (χ0v) is 20.0. The maximum absolute atomic E-state index is 12.8. The normalized spacial score (nSPS) is 41.5. The summed E-state index contributed by atoms with van der Waals surface area (Å²) >= 11 is 1.54. The lowest BCUT2D eigenvalue weighted by Crippen LogP contribution is -2.59. The van der Waals surface area contributed by atoms with Gasteiger partial charge in [0, 0.05) is 36.0 Å². The van der Waals surface area contributed by atoms with Crippen LogP contribution in [0.15, 0.2) is 18.3 Å². The number of aryl methyl sites for hydroxylation is 1. The minimum absolute atomic E-state index is 0.0884. The van der Waals surface area contributed by atoms with Gasteiger partial charge in [0.05, 0.1) is 0 Å². The van der Waals surface area contributed by atoms with Gasteiger partial charge in [-0.2, -0.15) is 0 Å². The van der Waals surface area contributed by atoms with E-state index >= 15 is 0 Å². The van der Waals surface area contributed by atoms with Gasteiger partial charge in [0.2, 0.25) is 11.8 Å². The maximum atomic E-state index is 12.8. The third-order valence-corrected chi connectivity index (χ3v) is 10.5. The monoisotopic (exact) mass is 441 g/mol. The molecule has 2 amide bonds. The molecule has 31 heavy (non-hydrogen) atoms. The molecule has 3 fully saturated rings. The molecule has 3 aliphatic carbocycles. The topological polar surface area (TPSA) is 62.3 Å². The summed E-state index contributed by atoms with van der Waals surface area (Å²) in [4.78, 5) is 32.5. The molecule has 1 N–H and O–H groups in total. The van der Waals surface area contributed by atoms with E-state index < -0.39 is 0 Å². The van der Waals surface area contributed by atoms with Crippen molar-refractivity contribution in [3.8, 4) is 0 Å². The fraction of sp³-hybridized carbons (Fsp3) is 0.720. The predicted octanol–water partition coefficient (Wildman–Crippen LogP) is 5.04. The van der Waals surface area contributed by atoms with Crippen LogP contribution in [0.1, 0.15) is 63.7 Å². The number of carbonyl (C=O) groups is 2. The molecule has 2 heterocycles. The molecule has 1 aromatic rings. The van der Waals surface area contributed by atoms with E-state index in [2.05, 4.69) is 30.2 Å². The van der Waals surface area contributed by atoms with Gasteiger partial charge in [0.1, 0.15) is 0 Å². The van der Waals surface area contributed by atoms with E-state index in [0.717, 1.165) is 22.9 Å². The first-order valence-electron chi connectivity index (χ1n) is 11.9. The number of hydrogen-bond acceptors (Lipinski definition) is 4. The molecule has 6 heteroatoms. The number of likely N-dealkylation sites (N-methyl/N-ethyl adjacent to an activating group) is 1. The highest BCUT2D eigenvalue weighted by Gasteiger charge is 2.60. The number of thiazole rings is 1. The van der Waals surface area contributed by atoms with Crippen molar-refractivity contribution in [2.45, 2.75) is 71.8 Å². The van der Waals surface area contributed by atoms with Gasteiger partial charge in [-0.25, -0.2) is 4.98 Å². The number of aromatic nitrogens is 1. The number of nitrogens with zero attached hydrogens (tertiary/aromatic N) is 2. The van der Waals surface area contributed by atoms with Gasteiger partial charge in [-0.15, -0.1) is 11.3 Å². The van der Waals surface area contributed by atoms with Crippen LogP contribution in [0.3, 0.4) is 0 Å². The highest BCUT2D eigenvalue weighted by atomic mass is 32.1. The quantitative estimate of drug-likeness (QED) is 0.715. The van der Waals surface area contributed by atoms with Crippen molar-refractivity contribution in [2.24, 2.45) is 34.5 Å². The van der Waals surface area contributed by atoms with Crippen molar-refractivity contribution < 1.29 is 9.59 Å². The summed E-state index contributed by atoms with van der Waals surface area (Å²) in [6.07, 6.45) is 13.6. The predicted molar refractivity (Wildman–Crippen MR) is 124 cm³/mol. The van der Waals surface area contributed by atoms with E-state index in [4.69, 9.17) is 0 Å². The summed E-state index contributed by atoms with van der Waals surface area (Å²) < 4.78 is 0. The summed E-state index contributed by atoms with van der Waals surface area (Å²) in [7, 11) is 1.98. The van der Waals surface area contributed by atoms with Gasteiger partial charge in [-0.1, -0.05) is 19.9 Å². The Morgan fingerprint density at radius 3 is 2.77 bits per heavy atom. The van der Waals surface area contributed by atoms with Gasteiger partial charge in [0.25, 0.3) is 0 Å². The van der Waals surface area contributed by atoms with Crippen LogP contribution in [-0.4, -0.2) is 34.8 Å². The Balaban J connectivity index is 1.32. The number of anilines is 1. The lowest BCUT2D eigenvalue weighted by Gasteiger charge is -2.60. The van der Waals surface area contributed by atoms with Crippen molar-refractivity contribution in [3.05, 3.63) is 23.2 Å². The highest BCUT2D eigenvalue weighted by Crippen LogP contribution is 2.65. The Labute approximate surface area is 189 Å². The second-order valence-electron chi connectivity index (χ2n) is 11.0. The molecule has 5 nitrogen and oxygen atoms in total. The minimum Gasteiger partial charge on any atom is -0.338 e. The number of amides is 2. The zero-order chi connectivity index (χ0) is 22.0. The Bertz CT molecular complexity index is 926. The number of nitrogens with one attached hydrogen (secondary N) is 1. The van der Waals surface area contributed by atoms with E-state index in [9.17, 15) is 9.59 Å². The molecule has 0 bridgehead atoms. The fourth-order valence-electron chi connectivity index (χ4n) is 7.99. The molecule has 5 rings (SSSR count). The average Bonchev–Trinajstić information content (AvgIpc) is 3.28. The highest BCUT2D eigenvalue weighted by molar-refractivity contribution is 7.15. The van der Waals surface area contributed by atoms with Gasteiger partial charge in [-0.3, -0.25) is 9.59 Å². The molecule has 7 atom stereocenters. The number of rotatable bonds is 3. The van der Waals surface area contributed by atoms with Crippen LogP contribution in [0.5, 0.6) is 0 Å². The summed E-state index contributed by atoms with van der Waals surface area (Å²) in [6.45, 7) is 6.87. The van der Waals surface area contributed by atoms with E-state index in [1.807, 2.05) is 31.1 Å². The lowest BCUT2D eigenvalue weighted by atomic mass is 9.47. The Morgan fingerprint density at radius 1 is 1.23 bits per heavy atom. The van der Waals surface area contributed by atoms with Gasteiger partial charge < -0.3 is 10.2 Å². The third-order valence-electron chi connectivity index (χ3n) is 9.62. The van der Waals surface area contributed by atoms with Crippen molar-refractivity contribution in [1.29, 1.82) is 0 Å². The number of fused-ring (bicyclic) bond motifs is 5. The van der Waals surface area contributed by atoms with Crippen LogP contribution in [0, 0.1) is 41.4 Å². The van der Waals surface area contributed by atoms with Crippen LogP contribution in [0.2, 0.25) is 0 Å². The second kappa shape index (κ2) is 7.43.